The van der Waals surface area contributed by atoms with Crippen molar-refractivity contribution in [3.63, 3.8) is 0 Å². The Kier molecular flexibility index (Phi) is 2.72. The smallest absolute Gasteiger partial charge is 0.179 e. The number of hydrogen-bond acceptors (Lipinski definition) is 2. The monoisotopic (exact) mass is 226 g/mol. The summed E-state index contributed by atoms with van der Waals surface area (Å²) in [5, 5.41) is 9.58. The van der Waals surface area contributed by atoms with Gasteiger partial charge in [-0.05, 0) is 38.0 Å². The van der Waals surface area contributed by atoms with Crippen LogP contribution in [0.15, 0.2) is 12.1 Å². The minimum atomic E-state index is -0.108. The fourth-order valence-corrected chi connectivity index (χ4v) is 2.36. The van der Waals surface area contributed by atoms with E-state index in [9.17, 15) is 4.79 Å². The van der Waals surface area contributed by atoms with Gasteiger partial charge in [0, 0.05) is 22.2 Å². The van der Waals surface area contributed by atoms with Crippen molar-refractivity contribution < 1.29 is 4.79 Å². The van der Waals surface area contributed by atoms with Crippen LogP contribution in [0.25, 0.3) is 10.9 Å². The fourth-order valence-electron chi connectivity index (χ4n) is 2.36. The second-order valence-corrected chi connectivity index (χ2v) is 4.39. The van der Waals surface area contributed by atoms with Crippen LogP contribution in [0.5, 0.6) is 0 Å². The van der Waals surface area contributed by atoms with E-state index in [1.54, 1.807) is 0 Å². The van der Waals surface area contributed by atoms with Crippen molar-refractivity contribution in [1.29, 1.82) is 5.26 Å². The molecule has 0 saturated heterocycles. The van der Waals surface area contributed by atoms with Crippen molar-refractivity contribution in [2.75, 3.05) is 0 Å². The van der Waals surface area contributed by atoms with E-state index >= 15 is 0 Å². The Morgan fingerprint density at radius 1 is 1.35 bits per heavy atom. The summed E-state index contributed by atoms with van der Waals surface area (Å²) in [6, 6.07) is 6.00. The lowest BCUT2D eigenvalue weighted by atomic mass is 10.00. The minimum Gasteiger partial charge on any atom is -0.358 e. The predicted molar refractivity (Wildman–Crippen MR) is 67.1 cm³/mol. The molecule has 2 rings (SSSR count). The van der Waals surface area contributed by atoms with Crippen LogP contribution in [0.4, 0.5) is 0 Å². The zero-order valence-corrected chi connectivity index (χ0v) is 10.2. The van der Waals surface area contributed by atoms with Crippen LogP contribution in [0.1, 0.15) is 33.6 Å². The van der Waals surface area contributed by atoms with Gasteiger partial charge in [0.1, 0.15) is 0 Å². The summed E-state index contributed by atoms with van der Waals surface area (Å²) in [7, 11) is 0. The standard InChI is InChI=1S/C14H14N2O/c1-8-6-9(2)13-11(7-8)16-10(3)14(13)12(17)4-5-15/h6-7,16H,4H2,1-3H3. The Morgan fingerprint density at radius 3 is 2.71 bits per heavy atom. The van der Waals surface area contributed by atoms with Crippen molar-refractivity contribution >= 4 is 16.7 Å². The van der Waals surface area contributed by atoms with E-state index < -0.39 is 0 Å². The lowest BCUT2D eigenvalue weighted by molar-refractivity contribution is 0.0998. The molecule has 1 heterocycles. The van der Waals surface area contributed by atoms with Gasteiger partial charge in [0.25, 0.3) is 0 Å². The maximum atomic E-state index is 11.9. The number of carbonyl (C=O) groups excluding carboxylic acids is 1. The van der Waals surface area contributed by atoms with Crippen LogP contribution >= 0.6 is 0 Å². The molecule has 0 saturated carbocycles. The van der Waals surface area contributed by atoms with E-state index in [2.05, 4.69) is 11.1 Å². The summed E-state index contributed by atoms with van der Waals surface area (Å²) in [6.45, 7) is 5.89. The quantitative estimate of drug-likeness (QED) is 0.799. The molecule has 0 atom stereocenters. The molecule has 0 bridgehead atoms. The molecule has 0 unspecified atom stereocenters. The summed E-state index contributed by atoms with van der Waals surface area (Å²) >= 11 is 0. The van der Waals surface area contributed by atoms with Crippen LogP contribution < -0.4 is 0 Å². The van der Waals surface area contributed by atoms with Gasteiger partial charge in [-0.15, -0.1) is 0 Å². The lowest BCUT2D eigenvalue weighted by Crippen LogP contribution is -1.99. The van der Waals surface area contributed by atoms with E-state index in [4.69, 9.17) is 5.26 Å². The number of ketones is 1. The molecule has 0 spiro atoms. The van der Waals surface area contributed by atoms with Crippen molar-refractivity contribution in [2.45, 2.75) is 27.2 Å². The Balaban J connectivity index is 2.76. The molecule has 0 amide bonds. The van der Waals surface area contributed by atoms with Gasteiger partial charge < -0.3 is 4.98 Å². The highest BCUT2D eigenvalue weighted by Crippen LogP contribution is 2.27. The highest BCUT2D eigenvalue weighted by Gasteiger charge is 2.17. The van der Waals surface area contributed by atoms with Crippen molar-refractivity contribution in [2.24, 2.45) is 0 Å². The second-order valence-electron chi connectivity index (χ2n) is 4.39. The van der Waals surface area contributed by atoms with Gasteiger partial charge in [-0.3, -0.25) is 4.79 Å². The van der Waals surface area contributed by atoms with Gasteiger partial charge in [0.05, 0.1) is 12.5 Å². The van der Waals surface area contributed by atoms with E-state index in [-0.39, 0.29) is 12.2 Å². The SMILES string of the molecule is Cc1cc(C)c2c(C(=O)CC#N)c(C)[nH]c2c1. The van der Waals surface area contributed by atoms with Gasteiger partial charge in [-0.25, -0.2) is 0 Å². The van der Waals surface area contributed by atoms with Crippen LogP contribution in [-0.4, -0.2) is 10.8 Å². The molecule has 17 heavy (non-hydrogen) atoms. The van der Waals surface area contributed by atoms with Crippen molar-refractivity contribution in [1.82, 2.24) is 4.98 Å². The average Bonchev–Trinajstić information content (AvgIpc) is 2.54. The molecule has 0 fully saturated rings. The molecule has 1 aromatic heterocycles. The molecular formula is C14H14N2O. The van der Waals surface area contributed by atoms with Crippen molar-refractivity contribution in [3.8, 4) is 6.07 Å². The summed E-state index contributed by atoms with van der Waals surface area (Å²) in [6.07, 6.45) is -0.0683. The van der Waals surface area contributed by atoms with E-state index in [1.165, 1.54) is 0 Å². The van der Waals surface area contributed by atoms with Crippen LogP contribution in [0, 0.1) is 32.1 Å². The minimum absolute atomic E-state index is 0.0683. The molecule has 86 valence electrons. The largest absolute Gasteiger partial charge is 0.358 e. The number of benzene rings is 1. The van der Waals surface area contributed by atoms with E-state index in [0.717, 1.165) is 27.7 Å². The first-order valence-corrected chi connectivity index (χ1v) is 5.54. The van der Waals surface area contributed by atoms with Gasteiger partial charge >= 0.3 is 0 Å². The van der Waals surface area contributed by atoms with Gasteiger partial charge in [-0.1, -0.05) is 6.07 Å². The number of fused-ring (bicyclic) bond motifs is 1. The topological polar surface area (TPSA) is 56.6 Å². The second kappa shape index (κ2) is 4.06. The first-order chi connectivity index (χ1) is 8.04. The summed E-state index contributed by atoms with van der Waals surface area (Å²) < 4.78 is 0. The molecule has 0 aliphatic heterocycles. The number of nitriles is 1. The average molecular weight is 226 g/mol. The number of aromatic amines is 1. The zero-order chi connectivity index (χ0) is 12.6. The number of nitrogens with one attached hydrogen (secondary N) is 1. The lowest BCUT2D eigenvalue weighted by Gasteiger charge is -2.02. The molecule has 0 aliphatic rings. The first kappa shape index (κ1) is 11.4. The fraction of sp³-hybridized carbons (Fsp3) is 0.286. The Bertz CT molecular complexity index is 644. The van der Waals surface area contributed by atoms with Gasteiger partial charge in [0.15, 0.2) is 5.78 Å². The molecule has 1 N–H and O–H groups in total. The van der Waals surface area contributed by atoms with Crippen LogP contribution in [0.2, 0.25) is 0 Å². The number of carbonyl (C=O) groups is 1. The zero-order valence-electron chi connectivity index (χ0n) is 10.2. The maximum absolute atomic E-state index is 11.9. The summed E-state index contributed by atoms with van der Waals surface area (Å²) in [5.41, 5.74) is 4.72. The number of aromatic nitrogens is 1. The highest BCUT2D eigenvalue weighted by molar-refractivity contribution is 6.11. The number of aryl methyl sites for hydroxylation is 3. The normalized spacial score (nSPS) is 10.5. The van der Waals surface area contributed by atoms with E-state index in [0.29, 0.717) is 5.56 Å². The summed E-state index contributed by atoms with van der Waals surface area (Å²) in [4.78, 5) is 15.2. The number of hydrogen-bond donors (Lipinski definition) is 1. The van der Waals surface area contributed by atoms with E-state index in [1.807, 2.05) is 32.9 Å². The first-order valence-electron chi connectivity index (χ1n) is 5.54. The predicted octanol–water partition coefficient (Wildman–Crippen LogP) is 3.19. The molecule has 2 aromatic rings. The Hall–Kier alpha value is -2.08. The number of nitrogens with zero attached hydrogens (tertiary/aromatic N) is 1. The van der Waals surface area contributed by atoms with Gasteiger partial charge in [-0.2, -0.15) is 5.26 Å². The highest BCUT2D eigenvalue weighted by atomic mass is 16.1. The van der Waals surface area contributed by atoms with Crippen LogP contribution in [-0.2, 0) is 0 Å². The third-order valence-electron chi connectivity index (χ3n) is 2.95. The molecule has 0 aliphatic carbocycles. The van der Waals surface area contributed by atoms with Crippen molar-refractivity contribution in [3.05, 3.63) is 34.5 Å². The third kappa shape index (κ3) is 1.83. The number of Topliss-reactive ketones (excluding diaryl/α,β-unsaturated/α-hetero) is 1. The summed E-state index contributed by atoms with van der Waals surface area (Å²) in [5.74, 6) is -0.108. The Morgan fingerprint density at radius 2 is 2.06 bits per heavy atom. The molecule has 3 nitrogen and oxygen atoms in total. The maximum Gasteiger partial charge on any atom is 0.179 e. The number of rotatable bonds is 2. The molecule has 0 radical (unpaired) electrons. The third-order valence-corrected chi connectivity index (χ3v) is 2.95. The molecular weight excluding hydrogens is 212 g/mol. The van der Waals surface area contributed by atoms with Gasteiger partial charge in [0.2, 0.25) is 0 Å². The molecule has 3 heteroatoms. The van der Waals surface area contributed by atoms with Crippen LogP contribution in [0.3, 0.4) is 0 Å². The number of H-pyrrole nitrogens is 1. The Labute approximate surface area is 100 Å². The molecule has 1 aromatic carbocycles.